The molecule has 0 unspecified atom stereocenters. The van der Waals surface area contributed by atoms with Gasteiger partial charge in [-0.05, 0) is 36.4 Å². The summed E-state index contributed by atoms with van der Waals surface area (Å²) in [6.45, 7) is 5.45. The van der Waals surface area contributed by atoms with Crippen LogP contribution in [0.1, 0.15) is 22.8 Å². The van der Waals surface area contributed by atoms with E-state index < -0.39 is 11.9 Å². The van der Waals surface area contributed by atoms with Crippen molar-refractivity contribution in [3.8, 4) is 0 Å². The number of ether oxygens (including phenoxy) is 2. The molecule has 2 aromatic rings. The van der Waals surface area contributed by atoms with Crippen LogP contribution in [0.15, 0.2) is 48.5 Å². The van der Waals surface area contributed by atoms with Gasteiger partial charge in [0.05, 0.1) is 18.8 Å². The fourth-order valence-corrected chi connectivity index (χ4v) is 3.14. The standard InChI is InChI=1S/C22H25N3O5/c1-16(26)23-19-6-8-20(9-7-19)24-21(27)15-30-22(28)18-4-2-17(3-5-18)14-25-10-12-29-13-11-25/h2-9H,10-15H2,1H3,(H,23,26)(H,24,27)/p+1. The molecule has 0 aromatic heterocycles. The molecule has 2 amide bonds. The number of carbonyl (C=O) groups is 3. The average Bonchev–Trinajstić information content (AvgIpc) is 2.74. The summed E-state index contributed by atoms with van der Waals surface area (Å²) >= 11 is 0. The molecule has 1 aliphatic rings. The van der Waals surface area contributed by atoms with Crippen LogP contribution < -0.4 is 15.5 Å². The Morgan fingerprint density at radius 3 is 2.13 bits per heavy atom. The fourth-order valence-electron chi connectivity index (χ4n) is 3.14. The van der Waals surface area contributed by atoms with Crippen molar-refractivity contribution < 1.29 is 28.8 Å². The Morgan fingerprint density at radius 1 is 0.933 bits per heavy atom. The number of amides is 2. The molecule has 0 aliphatic carbocycles. The van der Waals surface area contributed by atoms with Crippen LogP contribution in [-0.4, -0.2) is 50.7 Å². The van der Waals surface area contributed by atoms with E-state index in [1.807, 2.05) is 12.1 Å². The van der Waals surface area contributed by atoms with E-state index in [-0.39, 0.29) is 12.5 Å². The maximum Gasteiger partial charge on any atom is 0.338 e. The Kier molecular flexibility index (Phi) is 7.53. The van der Waals surface area contributed by atoms with Gasteiger partial charge in [-0.25, -0.2) is 4.79 Å². The van der Waals surface area contributed by atoms with Crippen molar-refractivity contribution >= 4 is 29.2 Å². The van der Waals surface area contributed by atoms with Gasteiger partial charge in [0, 0.05) is 23.9 Å². The Bertz CT molecular complexity index is 875. The van der Waals surface area contributed by atoms with E-state index in [0.29, 0.717) is 16.9 Å². The van der Waals surface area contributed by atoms with E-state index >= 15 is 0 Å². The summed E-state index contributed by atoms with van der Waals surface area (Å²) in [6.07, 6.45) is 0. The Hall–Kier alpha value is -3.23. The molecule has 0 radical (unpaired) electrons. The van der Waals surface area contributed by atoms with Crippen LogP contribution in [0.3, 0.4) is 0 Å². The molecule has 8 heteroatoms. The van der Waals surface area contributed by atoms with Gasteiger partial charge in [0.25, 0.3) is 5.91 Å². The van der Waals surface area contributed by atoms with Crippen molar-refractivity contribution in [2.75, 3.05) is 43.5 Å². The first-order chi connectivity index (χ1) is 14.5. The number of carbonyl (C=O) groups excluding carboxylic acids is 3. The van der Waals surface area contributed by atoms with E-state index in [2.05, 4.69) is 10.6 Å². The highest BCUT2D eigenvalue weighted by Crippen LogP contribution is 2.13. The zero-order valence-corrected chi connectivity index (χ0v) is 16.9. The van der Waals surface area contributed by atoms with Gasteiger partial charge in [0.1, 0.15) is 19.6 Å². The lowest BCUT2D eigenvalue weighted by molar-refractivity contribution is -0.921. The number of benzene rings is 2. The second-order valence-corrected chi connectivity index (χ2v) is 7.12. The van der Waals surface area contributed by atoms with Gasteiger partial charge >= 0.3 is 5.97 Å². The highest BCUT2D eigenvalue weighted by Gasteiger charge is 2.15. The van der Waals surface area contributed by atoms with Gasteiger partial charge in [0.2, 0.25) is 5.91 Å². The van der Waals surface area contributed by atoms with Crippen molar-refractivity contribution in [1.82, 2.24) is 0 Å². The number of esters is 1. The second-order valence-electron chi connectivity index (χ2n) is 7.12. The van der Waals surface area contributed by atoms with E-state index in [4.69, 9.17) is 9.47 Å². The third-order valence-electron chi connectivity index (χ3n) is 4.67. The lowest BCUT2D eigenvalue weighted by Gasteiger charge is -2.23. The summed E-state index contributed by atoms with van der Waals surface area (Å²) in [5, 5.41) is 5.28. The molecule has 0 spiro atoms. The maximum absolute atomic E-state index is 12.2. The first kappa shape index (κ1) is 21.5. The lowest BCUT2D eigenvalue weighted by atomic mass is 10.1. The van der Waals surface area contributed by atoms with Gasteiger partial charge in [-0.15, -0.1) is 0 Å². The highest BCUT2D eigenvalue weighted by atomic mass is 16.5. The fraction of sp³-hybridized carbons (Fsp3) is 0.318. The van der Waals surface area contributed by atoms with E-state index in [1.54, 1.807) is 36.4 Å². The predicted molar refractivity (Wildman–Crippen MR) is 111 cm³/mol. The van der Waals surface area contributed by atoms with Crippen LogP contribution in [0, 0.1) is 0 Å². The summed E-state index contributed by atoms with van der Waals surface area (Å²) in [6, 6.07) is 13.9. The minimum atomic E-state index is -0.545. The Balaban J connectivity index is 1.44. The second kappa shape index (κ2) is 10.5. The topological polar surface area (TPSA) is 98.2 Å². The van der Waals surface area contributed by atoms with Crippen LogP contribution in [0.2, 0.25) is 0 Å². The average molecular weight is 412 g/mol. The molecule has 1 aliphatic heterocycles. The largest absolute Gasteiger partial charge is 0.452 e. The summed E-state index contributed by atoms with van der Waals surface area (Å²) < 4.78 is 10.5. The smallest absolute Gasteiger partial charge is 0.338 e. The van der Waals surface area contributed by atoms with Crippen LogP contribution >= 0.6 is 0 Å². The monoisotopic (exact) mass is 412 g/mol. The highest BCUT2D eigenvalue weighted by molar-refractivity contribution is 5.96. The van der Waals surface area contributed by atoms with Crippen molar-refractivity contribution in [2.45, 2.75) is 13.5 Å². The number of nitrogens with one attached hydrogen (secondary N) is 3. The molecule has 0 atom stereocenters. The van der Waals surface area contributed by atoms with E-state index in [9.17, 15) is 14.4 Å². The third kappa shape index (κ3) is 6.68. The molecule has 158 valence electrons. The zero-order valence-electron chi connectivity index (χ0n) is 16.9. The summed E-state index contributed by atoms with van der Waals surface area (Å²) in [5.41, 5.74) is 2.72. The Labute approximate surface area is 175 Å². The number of anilines is 2. The molecular formula is C22H26N3O5+. The quantitative estimate of drug-likeness (QED) is 0.586. The molecule has 1 heterocycles. The minimum absolute atomic E-state index is 0.172. The predicted octanol–water partition coefficient (Wildman–Crippen LogP) is 0.856. The van der Waals surface area contributed by atoms with Gasteiger partial charge in [-0.1, -0.05) is 12.1 Å². The van der Waals surface area contributed by atoms with Crippen LogP contribution in [0.25, 0.3) is 0 Å². The normalized spacial score (nSPS) is 14.0. The van der Waals surface area contributed by atoms with Crippen molar-refractivity contribution in [3.05, 3.63) is 59.7 Å². The van der Waals surface area contributed by atoms with Crippen molar-refractivity contribution in [1.29, 1.82) is 0 Å². The molecule has 2 aromatic carbocycles. The number of hydrogen-bond acceptors (Lipinski definition) is 5. The van der Waals surface area contributed by atoms with Crippen molar-refractivity contribution in [2.24, 2.45) is 0 Å². The number of morpholine rings is 1. The Morgan fingerprint density at radius 2 is 1.53 bits per heavy atom. The molecule has 8 nitrogen and oxygen atoms in total. The van der Waals surface area contributed by atoms with Gasteiger partial charge in [-0.2, -0.15) is 0 Å². The molecule has 3 rings (SSSR count). The molecular weight excluding hydrogens is 386 g/mol. The SMILES string of the molecule is CC(=O)Nc1ccc(NC(=O)COC(=O)c2ccc(C[NH+]3CCOCC3)cc2)cc1. The number of rotatable bonds is 7. The molecule has 1 fully saturated rings. The minimum Gasteiger partial charge on any atom is -0.452 e. The van der Waals surface area contributed by atoms with Crippen LogP contribution in [0.5, 0.6) is 0 Å². The first-order valence-electron chi connectivity index (χ1n) is 9.84. The molecule has 0 bridgehead atoms. The zero-order chi connectivity index (χ0) is 21.3. The van der Waals surface area contributed by atoms with Crippen LogP contribution in [-0.2, 0) is 25.6 Å². The van der Waals surface area contributed by atoms with Gasteiger partial charge in [-0.3, -0.25) is 9.59 Å². The molecule has 1 saturated heterocycles. The number of hydrogen-bond donors (Lipinski definition) is 3. The molecule has 0 saturated carbocycles. The van der Waals surface area contributed by atoms with Gasteiger partial charge < -0.3 is 25.0 Å². The molecule has 3 N–H and O–H groups in total. The van der Waals surface area contributed by atoms with E-state index in [1.165, 1.54) is 11.8 Å². The summed E-state index contributed by atoms with van der Waals surface area (Å²) in [4.78, 5) is 36.7. The lowest BCUT2D eigenvalue weighted by Crippen LogP contribution is -3.12. The summed E-state index contributed by atoms with van der Waals surface area (Å²) in [5.74, 6) is -1.16. The van der Waals surface area contributed by atoms with Crippen molar-refractivity contribution in [3.63, 3.8) is 0 Å². The van der Waals surface area contributed by atoms with Crippen LogP contribution in [0.4, 0.5) is 11.4 Å². The van der Waals surface area contributed by atoms with E-state index in [0.717, 1.165) is 38.4 Å². The first-order valence-corrected chi connectivity index (χ1v) is 9.84. The third-order valence-corrected chi connectivity index (χ3v) is 4.67. The van der Waals surface area contributed by atoms with Gasteiger partial charge in [0.15, 0.2) is 6.61 Å². The molecule has 30 heavy (non-hydrogen) atoms. The number of quaternary nitrogens is 1. The maximum atomic E-state index is 12.2. The summed E-state index contributed by atoms with van der Waals surface area (Å²) in [7, 11) is 0.